The van der Waals surface area contributed by atoms with Crippen molar-refractivity contribution in [3.63, 3.8) is 0 Å². The van der Waals surface area contributed by atoms with Gasteiger partial charge >= 0.3 is 0 Å². The summed E-state index contributed by atoms with van der Waals surface area (Å²) in [6.45, 7) is 1.41. The Hall–Kier alpha value is -2.87. The molecule has 2 amide bonds. The first-order chi connectivity index (χ1) is 11.3. The Morgan fingerprint density at radius 1 is 1.12 bits per heavy atom. The van der Waals surface area contributed by atoms with Gasteiger partial charge in [-0.25, -0.2) is 13.1 Å². The Kier molecular flexibility index (Phi) is 5.20. The fourth-order valence-electron chi connectivity index (χ4n) is 1.90. The summed E-state index contributed by atoms with van der Waals surface area (Å²) < 4.78 is 31.6. The average molecular weight is 348 g/mol. The Balaban J connectivity index is 2.17. The standard InChI is InChI=1S/C16H16N2O5S/c1-11-4-2-7-14(8-11)24(21,22)18-16(20)12-5-3-6-13(9-12)23-10-15(17)19/h2-9H,10H2,1H3,(H2,17,19)(H,18,20). The number of amides is 2. The number of benzene rings is 2. The van der Waals surface area contributed by atoms with Crippen molar-refractivity contribution in [2.75, 3.05) is 6.61 Å². The SMILES string of the molecule is Cc1cccc(S(=O)(=O)NC(=O)c2cccc(OCC(N)=O)c2)c1. The number of nitrogens with two attached hydrogens (primary N) is 1. The quantitative estimate of drug-likeness (QED) is 0.807. The molecule has 3 N–H and O–H groups in total. The van der Waals surface area contributed by atoms with Crippen molar-refractivity contribution in [1.29, 1.82) is 0 Å². The number of nitrogens with one attached hydrogen (secondary N) is 1. The summed E-state index contributed by atoms with van der Waals surface area (Å²) in [6, 6.07) is 12.0. The fourth-order valence-corrected chi connectivity index (χ4v) is 2.98. The molecule has 0 aliphatic rings. The smallest absolute Gasteiger partial charge is 0.265 e. The highest BCUT2D eigenvalue weighted by molar-refractivity contribution is 7.90. The lowest BCUT2D eigenvalue weighted by atomic mass is 10.2. The third kappa shape index (κ3) is 4.56. The number of sulfonamides is 1. The molecule has 0 saturated heterocycles. The lowest BCUT2D eigenvalue weighted by Gasteiger charge is -2.09. The van der Waals surface area contributed by atoms with Gasteiger partial charge in [-0.1, -0.05) is 18.2 Å². The van der Waals surface area contributed by atoms with Crippen LogP contribution in [0.5, 0.6) is 5.75 Å². The van der Waals surface area contributed by atoms with Crippen molar-refractivity contribution in [3.05, 3.63) is 59.7 Å². The van der Waals surface area contributed by atoms with E-state index in [1.54, 1.807) is 19.1 Å². The van der Waals surface area contributed by atoms with Gasteiger partial charge in [0, 0.05) is 5.56 Å². The number of carbonyl (C=O) groups is 2. The van der Waals surface area contributed by atoms with Crippen LogP contribution in [0.2, 0.25) is 0 Å². The first-order valence-electron chi connectivity index (χ1n) is 6.93. The Bertz CT molecular complexity index is 878. The molecule has 0 atom stereocenters. The minimum Gasteiger partial charge on any atom is -0.484 e. The van der Waals surface area contributed by atoms with Crippen LogP contribution >= 0.6 is 0 Å². The van der Waals surface area contributed by atoms with E-state index < -0.39 is 21.8 Å². The lowest BCUT2D eigenvalue weighted by Crippen LogP contribution is -2.30. The van der Waals surface area contributed by atoms with Crippen LogP contribution in [0.3, 0.4) is 0 Å². The van der Waals surface area contributed by atoms with Gasteiger partial charge < -0.3 is 10.5 Å². The molecule has 0 bridgehead atoms. The Morgan fingerprint density at radius 3 is 2.50 bits per heavy atom. The van der Waals surface area contributed by atoms with Crippen molar-refractivity contribution in [2.24, 2.45) is 5.73 Å². The second-order valence-electron chi connectivity index (χ2n) is 5.03. The highest BCUT2D eigenvalue weighted by atomic mass is 32.2. The molecule has 2 aromatic carbocycles. The van der Waals surface area contributed by atoms with Gasteiger partial charge in [0.1, 0.15) is 5.75 Å². The molecule has 0 aromatic heterocycles. The van der Waals surface area contributed by atoms with Crippen LogP contribution in [-0.2, 0) is 14.8 Å². The molecule has 0 aliphatic carbocycles. The summed E-state index contributed by atoms with van der Waals surface area (Å²) in [4.78, 5) is 22.9. The first-order valence-corrected chi connectivity index (χ1v) is 8.41. The van der Waals surface area contributed by atoms with Crippen molar-refractivity contribution < 1.29 is 22.7 Å². The van der Waals surface area contributed by atoms with Crippen LogP contribution in [0.1, 0.15) is 15.9 Å². The van der Waals surface area contributed by atoms with E-state index in [4.69, 9.17) is 10.5 Å². The van der Waals surface area contributed by atoms with Gasteiger partial charge in [0.15, 0.2) is 6.61 Å². The van der Waals surface area contributed by atoms with Crippen LogP contribution < -0.4 is 15.2 Å². The largest absolute Gasteiger partial charge is 0.484 e. The van der Waals surface area contributed by atoms with Crippen LogP contribution in [0, 0.1) is 6.92 Å². The van der Waals surface area contributed by atoms with Gasteiger partial charge in [-0.3, -0.25) is 9.59 Å². The molecule has 126 valence electrons. The number of rotatable bonds is 6. The fraction of sp³-hybridized carbons (Fsp3) is 0.125. The van der Waals surface area contributed by atoms with Gasteiger partial charge in [0.2, 0.25) is 0 Å². The summed E-state index contributed by atoms with van der Waals surface area (Å²) >= 11 is 0. The highest BCUT2D eigenvalue weighted by Crippen LogP contribution is 2.15. The topological polar surface area (TPSA) is 116 Å². The highest BCUT2D eigenvalue weighted by Gasteiger charge is 2.19. The monoisotopic (exact) mass is 348 g/mol. The minimum atomic E-state index is -3.98. The van der Waals surface area contributed by atoms with Gasteiger partial charge in [-0.05, 0) is 42.8 Å². The summed E-state index contributed by atoms with van der Waals surface area (Å²) in [7, 11) is -3.98. The molecule has 7 nitrogen and oxygen atoms in total. The van der Waals surface area contributed by atoms with Gasteiger partial charge in [-0.15, -0.1) is 0 Å². The maximum absolute atomic E-state index is 12.2. The minimum absolute atomic E-state index is 0.00279. The molecule has 2 aromatic rings. The maximum Gasteiger partial charge on any atom is 0.265 e. The van der Waals surface area contributed by atoms with Crippen LogP contribution in [-0.4, -0.2) is 26.8 Å². The summed E-state index contributed by atoms with van der Waals surface area (Å²) in [5.74, 6) is -1.23. The number of hydrogen-bond donors (Lipinski definition) is 2. The van der Waals surface area contributed by atoms with Crippen LogP contribution in [0.15, 0.2) is 53.4 Å². The molecular weight excluding hydrogens is 332 g/mol. The normalized spacial score (nSPS) is 10.9. The first kappa shape index (κ1) is 17.5. The maximum atomic E-state index is 12.2. The Morgan fingerprint density at radius 2 is 1.83 bits per heavy atom. The van der Waals surface area contributed by atoms with Crippen LogP contribution in [0.25, 0.3) is 0 Å². The zero-order valence-electron chi connectivity index (χ0n) is 12.9. The van der Waals surface area contributed by atoms with Gasteiger partial charge in [0.05, 0.1) is 4.90 Å². The van der Waals surface area contributed by atoms with E-state index in [1.165, 1.54) is 36.4 Å². The zero-order chi connectivity index (χ0) is 17.7. The summed E-state index contributed by atoms with van der Waals surface area (Å²) in [5.41, 5.74) is 5.81. The number of ether oxygens (including phenoxy) is 1. The van der Waals surface area contributed by atoms with E-state index in [-0.39, 0.29) is 22.8 Å². The molecule has 0 spiro atoms. The number of primary amides is 1. The second-order valence-corrected chi connectivity index (χ2v) is 6.72. The molecule has 0 heterocycles. The molecule has 0 saturated carbocycles. The van der Waals surface area contributed by atoms with Gasteiger partial charge in [0.25, 0.3) is 21.8 Å². The van der Waals surface area contributed by atoms with Crippen LogP contribution in [0.4, 0.5) is 0 Å². The zero-order valence-corrected chi connectivity index (χ0v) is 13.7. The molecule has 0 unspecified atom stereocenters. The van der Waals surface area contributed by atoms with Crippen molar-refractivity contribution >= 4 is 21.8 Å². The summed E-state index contributed by atoms with van der Waals surface area (Å²) in [6.07, 6.45) is 0. The van der Waals surface area contributed by atoms with Crippen molar-refractivity contribution in [3.8, 4) is 5.75 Å². The molecule has 0 radical (unpaired) electrons. The van der Waals surface area contributed by atoms with E-state index in [0.717, 1.165) is 5.56 Å². The Labute approximate surface area is 139 Å². The molecular formula is C16H16N2O5S. The molecule has 0 aliphatic heterocycles. The number of hydrogen-bond acceptors (Lipinski definition) is 5. The van der Waals surface area contributed by atoms with Gasteiger partial charge in [-0.2, -0.15) is 0 Å². The number of carbonyl (C=O) groups excluding carboxylic acids is 2. The van der Waals surface area contributed by atoms with Crippen molar-refractivity contribution in [2.45, 2.75) is 11.8 Å². The van der Waals surface area contributed by atoms with Crippen molar-refractivity contribution in [1.82, 2.24) is 4.72 Å². The lowest BCUT2D eigenvalue weighted by molar-refractivity contribution is -0.119. The third-order valence-electron chi connectivity index (χ3n) is 3.00. The predicted molar refractivity (Wildman–Crippen MR) is 87.0 cm³/mol. The third-order valence-corrected chi connectivity index (χ3v) is 4.33. The van der Waals surface area contributed by atoms with E-state index in [9.17, 15) is 18.0 Å². The van der Waals surface area contributed by atoms with E-state index in [1.807, 2.05) is 4.72 Å². The molecule has 8 heteroatoms. The number of aryl methyl sites for hydroxylation is 1. The van der Waals surface area contributed by atoms with E-state index in [0.29, 0.717) is 0 Å². The molecule has 2 rings (SSSR count). The molecule has 0 fully saturated rings. The van der Waals surface area contributed by atoms with E-state index >= 15 is 0 Å². The average Bonchev–Trinajstić information content (AvgIpc) is 2.53. The molecule has 24 heavy (non-hydrogen) atoms. The second kappa shape index (κ2) is 7.14. The van der Waals surface area contributed by atoms with E-state index in [2.05, 4.69) is 0 Å². The predicted octanol–water partition coefficient (Wildman–Crippen LogP) is 0.978. The summed E-state index contributed by atoms with van der Waals surface area (Å²) in [5, 5.41) is 0.